The molecule has 2 rings (SSSR count). The molecule has 0 atom stereocenters. The average molecular weight is 290 g/mol. The molecule has 5 heteroatoms. The Labute approximate surface area is 121 Å². The van der Waals surface area contributed by atoms with Crippen LogP contribution in [0.2, 0.25) is 0 Å². The molecule has 0 aromatic heterocycles. The zero-order chi connectivity index (χ0) is 15.2. The second-order valence-corrected chi connectivity index (χ2v) is 4.49. The molecule has 2 N–H and O–H groups in total. The number of carbonyl (C=O) groups is 1. The van der Waals surface area contributed by atoms with Crippen molar-refractivity contribution in [1.29, 1.82) is 0 Å². The lowest BCUT2D eigenvalue weighted by molar-refractivity contribution is 0.0691. The summed E-state index contributed by atoms with van der Waals surface area (Å²) in [6, 6.07) is 11.1. The molecule has 0 aliphatic carbocycles. The summed E-state index contributed by atoms with van der Waals surface area (Å²) in [7, 11) is 0. The Bertz CT molecular complexity index is 640. The molecule has 0 saturated carbocycles. The van der Waals surface area contributed by atoms with Crippen molar-refractivity contribution in [3.63, 3.8) is 0 Å². The number of aromatic carboxylic acids is 1. The van der Waals surface area contributed by atoms with Gasteiger partial charge in [0.1, 0.15) is 18.2 Å². The first-order valence-corrected chi connectivity index (χ1v) is 6.45. The summed E-state index contributed by atoms with van der Waals surface area (Å²) < 4.78 is 18.9. The third kappa shape index (κ3) is 3.79. The summed E-state index contributed by atoms with van der Waals surface area (Å²) in [5.74, 6) is -1.46. The molecule has 0 spiro atoms. The molecule has 0 aliphatic heterocycles. The summed E-state index contributed by atoms with van der Waals surface area (Å²) in [5.41, 5.74) is 1.05. The minimum absolute atomic E-state index is 0.0140. The summed E-state index contributed by atoms with van der Waals surface area (Å²) >= 11 is 0. The van der Waals surface area contributed by atoms with Gasteiger partial charge < -0.3 is 14.9 Å². The van der Waals surface area contributed by atoms with Crippen LogP contribution in [-0.4, -0.2) is 22.8 Å². The van der Waals surface area contributed by atoms with Crippen molar-refractivity contribution in [3.8, 4) is 5.75 Å². The number of hydrogen-bond acceptors (Lipinski definition) is 3. The van der Waals surface area contributed by atoms with E-state index in [9.17, 15) is 9.18 Å². The van der Waals surface area contributed by atoms with E-state index in [1.807, 2.05) is 18.2 Å². The van der Waals surface area contributed by atoms with Gasteiger partial charge in [-0.3, -0.25) is 0 Å². The number of halogens is 1. The highest BCUT2D eigenvalue weighted by Gasteiger charge is 2.11. The van der Waals surface area contributed by atoms with Crippen LogP contribution in [0.1, 0.15) is 21.5 Å². The maximum atomic E-state index is 13.3. The molecule has 0 heterocycles. The minimum atomic E-state index is -1.31. The Morgan fingerprint density at radius 3 is 2.67 bits per heavy atom. The number of ether oxygens (including phenoxy) is 1. The van der Waals surface area contributed by atoms with Crippen molar-refractivity contribution in [2.24, 2.45) is 0 Å². The van der Waals surface area contributed by atoms with Gasteiger partial charge in [-0.15, -0.1) is 0 Å². The molecule has 2 aromatic rings. The van der Waals surface area contributed by atoms with E-state index < -0.39 is 11.8 Å². The molecule has 0 aliphatic rings. The fourth-order valence-electron chi connectivity index (χ4n) is 1.96. The van der Waals surface area contributed by atoms with Crippen LogP contribution in [0.5, 0.6) is 5.75 Å². The van der Waals surface area contributed by atoms with E-state index in [0.717, 1.165) is 11.6 Å². The predicted molar refractivity (Wildman–Crippen MR) is 74.9 cm³/mol. The van der Waals surface area contributed by atoms with Crippen LogP contribution in [-0.2, 0) is 13.0 Å². The number of para-hydroxylation sites is 1. The fourth-order valence-corrected chi connectivity index (χ4v) is 1.96. The maximum absolute atomic E-state index is 13.3. The monoisotopic (exact) mass is 290 g/mol. The molecule has 4 nitrogen and oxygen atoms in total. The molecule has 0 radical (unpaired) electrons. The molecule has 0 amide bonds. The Morgan fingerprint density at radius 1 is 1.19 bits per heavy atom. The number of aliphatic hydroxyl groups excluding tert-OH is 1. The lowest BCUT2D eigenvalue weighted by Gasteiger charge is -2.11. The Balaban J connectivity index is 2.13. The normalized spacial score (nSPS) is 10.4. The zero-order valence-corrected chi connectivity index (χ0v) is 11.3. The molecule has 0 saturated heterocycles. The van der Waals surface area contributed by atoms with Crippen molar-refractivity contribution < 1.29 is 24.1 Å². The second-order valence-electron chi connectivity index (χ2n) is 4.49. The Kier molecular flexibility index (Phi) is 4.90. The van der Waals surface area contributed by atoms with Crippen molar-refractivity contribution in [3.05, 3.63) is 65.0 Å². The van der Waals surface area contributed by atoms with E-state index in [0.29, 0.717) is 17.7 Å². The highest BCUT2D eigenvalue weighted by Crippen LogP contribution is 2.20. The lowest BCUT2D eigenvalue weighted by atomic mass is 10.1. The molecule has 110 valence electrons. The third-order valence-corrected chi connectivity index (χ3v) is 3.01. The molecule has 21 heavy (non-hydrogen) atoms. The molecular formula is C16H15FO4. The van der Waals surface area contributed by atoms with Gasteiger partial charge in [-0.05, 0) is 35.7 Å². The van der Waals surface area contributed by atoms with E-state index >= 15 is 0 Å². The van der Waals surface area contributed by atoms with Gasteiger partial charge >= 0.3 is 5.97 Å². The van der Waals surface area contributed by atoms with Gasteiger partial charge in [0.15, 0.2) is 0 Å². The van der Waals surface area contributed by atoms with Gasteiger partial charge in [-0.2, -0.15) is 0 Å². The summed E-state index contributed by atoms with van der Waals surface area (Å²) in [5, 5.41) is 17.9. The van der Waals surface area contributed by atoms with E-state index in [4.69, 9.17) is 14.9 Å². The van der Waals surface area contributed by atoms with Gasteiger partial charge in [0.05, 0.1) is 5.56 Å². The van der Waals surface area contributed by atoms with Crippen LogP contribution >= 0.6 is 0 Å². The highest BCUT2D eigenvalue weighted by molar-refractivity contribution is 5.88. The quantitative estimate of drug-likeness (QED) is 0.858. The average Bonchev–Trinajstić information content (AvgIpc) is 2.47. The molecule has 0 bridgehead atoms. The van der Waals surface area contributed by atoms with Gasteiger partial charge in [0.25, 0.3) is 0 Å². The lowest BCUT2D eigenvalue weighted by Crippen LogP contribution is -2.04. The molecule has 0 unspecified atom stereocenters. The Morgan fingerprint density at radius 2 is 1.95 bits per heavy atom. The van der Waals surface area contributed by atoms with Crippen LogP contribution in [0.3, 0.4) is 0 Å². The first kappa shape index (κ1) is 15.0. The highest BCUT2D eigenvalue weighted by atomic mass is 19.1. The van der Waals surface area contributed by atoms with Crippen molar-refractivity contribution in [2.45, 2.75) is 13.0 Å². The van der Waals surface area contributed by atoms with E-state index in [1.54, 1.807) is 6.07 Å². The summed E-state index contributed by atoms with van der Waals surface area (Å²) in [4.78, 5) is 10.9. The summed E-state index contributed by atoms with van der Waals surface area (Å²) in [6.45, 7) is 0.142. The molecule has 2 aromatic carbocycles. The van der Waals surface area contributed by atoms with Gasteiger partial charge in [-0.1, -0.05) is 24.3 Å². The minimum Gasteiger partial charge on any atom is -0.489 e. The number of aliphatic hydroxyl groups is 1. The first-order chi connectivity index (χ1) is 10.1. The van der Waals surface area contributed by atoms with Gasteiger partial charge in [-0.25, -0.2) is 9.18 Å². The van der Waals surface area contributed by atoms with Gasteiger partial charge in [0, 0.05) is 6.61 Å². The van der Waals surface area contributed by atoms with Crippen LogP contribution in [0.15, 0.2) is 42.5 Å². The van der Waals surface area contributed by atoms with Gasteiger partial charge in [0.2, 0.25) is 0 Å². The van der Waals surface area contributed by atoms with Crippen LogP contribution < -0.4 is 4.74 Å². The van der Waals surface area contributed by atoms with E-state index in [-0.39, 0.29) is 18.8 Å². The van der Waals surface area contributed by atoms with E-state index in [1.165, 1.54) is 12.1 Å². The SMILES string of the molecule is O=C(O)c1cc(COc2ccccc2CCO)ccc1F. The van der Waals surface area contributed by atoms with Crippen LogP contribution in [0.4, 0.5) is 4.39 Å². The number of carboxylic acids is 1. The molecular weight excluding hydrogens is 275 g/mol. The maximum Gasteiger partial charge on any atom is 0.338 e. The van der Waals surface area contributed by atoms with Crippen molar-refractivity contribution in [2.75, 3.05) is 6.61 Å². The largest absolute Gasteiger partial charge is 0.489 e. The Hall–Kier alpha value is -2.40. The van der Waals surface area contributed by atoms with E-state index in [2.05, 4.69) is 0 Å². The number of carboxylic acid groups (broad SMARTS) is 1. The second kappa shape index (κ2) is 6.85. The topological polar surface area (TPSA) is 66.8 Å². The smallest absolute Gasteiger partial charge is 0.338 e. The number of rotatable bonds is 6. The van der Waals surface area contributed by atoms with Crippen molar-refractivity contribution >= 4 is 5.97 Å². The van der Waals surface area contributed by atoms with Crippen LogP contribution in [0.25, 0.3) is 0 Å². The zero-order valence-electron chi connectivity index (χ0n) is 11.3. The number of benzene rings is 2. The van der Waals surface area contributed by atoms with Crippen LogP contribution in [0, 0.1) is 5.82 Å². The number of hydrogen-bond donors (Lipinski definition) is 2. The fraction of sp³-hybridized carbons (Fsp3) is 0.188. The third-order valence-electron chi connectivity index (χ3n) is 3.01. The standard InChI is InChI=1S/C16H15FO4/c17-14-6-5-11(9-13(14)16(19)20)10-21-15-4-2-1-3-12(15)7-8-18/h1-6,9,18H,7-8,10H2,(H,19,20). The first-order valence-electron chi connectivity index (χ1n) is 6.45. The summed E-state index contributed by atoms with van der Waals surface area (Å²) in [6.07, 6.45) is 0.472. The predicted octanol–water partition coefficient (Wildman–Crippen LogP) is 2.64. The molecule has 0 fully saturated rings. The van der Waals surface area contributed by atoms with Crippen molar-refractivity contribution in [1.82, 2.24) is 0 Å².